The largest absolute Gasteiger partial charge is 0.0651 e. The lowest BCUT2D eigenvalue weighted by Crippen LogP contribution is -2.50. The summed E-state index contributed by atoms with van der Waals surface area (Å²) in [7, 11) is 0. The third-order valence-electron chi connectivity index (χ3n) is 7.06. The van der Waals surface area contributed by atoms with Crippen molar-refractivity contribution >= 4 is 0 Å². The molecule has 3 fully saturated rings. The SMILES string of the molecule is CCC1CCC(C2C3CCCC3C2C(C)CC)C1. The van der Waals surface area contributed by atoms with Gasteiger partial charge in [0.25, 0.3) is 0 Å². The average molecular weight is 248 g/mol. The molecule has 3 aliphatic carbocycles. The zero-order valence-electron chi connectivity index (χ0n) is 12.7. The molecule has 0 heterocycles. The minimum Gasteiger partial charge on any atom is -0.0651 e. The summed E-state index contributed by atoms with van der Waals surface area (Å²) in [6.07, 6.45) is 12.2. The van der Waals surface area contributed by atoms with E-state index < -0.39 is 0 Å². The number of hydrogen-bond acceptors (Lipinski definition) is 0. The Kier molecular flexibility index (Phi) is 3.74. The fourth-order valence-corrected chi connectivity index (χ4v) is 5.97. The lowest BCUT2D eigenvalue weighted by molar-refractivity contribution is -0.0705. The Labute approximate surface area is 114 Å². The van der Waals surface area contributed by atoms with Crippen LogP contribution >= 0.6 is 0 Å². The summed E-state index contributed by atoms with van der Waals surface area (Å²) in [6, 6.07) is 0. The summed E-state index contributed by atoms with van der Waals surface area (Å²) in [6.45, 7) is 7.35. The Morgan fingerprint density at radius 3 is 2.44 bits per heavy atom. The number of hydrogen-bond donors (Lipinski definition) is 0. The van der Waals surface area contributed by atoms with E-state index in [1.54, 1.807) is 38.5 Å². The summed E-state index contributed by atoms with van der Waals surface area (Å²) < 4.78 is 0. The molecule has 0 N–H and O–H groups in total. The molecule has 7 unspecified atom stereocenters. The third kappa shape index (κ3) is 1.95. The zero-order valence-corrected chi connectivity index (χ0v) is 12.7. The highest BCUT2D eigenvalue weighted by Crippen LogP contribution is 2.63. The predicted molar refractivity (Wildman–Crippen MR) is 78.4 cm³/mol. The van der Waals surface area contributed by atoms with Gasteiger partial charge in [0.2, 0.25) is 0 Å². The lowest BCUT2D eigenvalue weighted by atomic mass is 9.50. The van der Waals surface area contributed by atoms with E-state index in [1.165, 1.54) is 12.8 Å². The molecule has 18 heavy (non-hydrogen) atoms. The monoisotopic (exact) mass is 248 g/mol. The second-order valence-electron chi connectivity index (χ2n) is 7.65. The van der Waals surface area contributed by atoms with Gasteiger partial charge >= 0.3 is 0 Å². The van der Waals surface area contributed by atoms with Crippen molar-refractivity contribution < 1.29 is 0 Å². The zero-order chi connectivity index (χ0) is 12.7. The Bertz CT molecular complexity index is 282. The number of fused-ring (bicyclic) bond motifs is 1. The highest BCUT2D eigenvalue weighted by Gasteiger charge is 2.56. The van der Waals surface area contributed by atoms with Gasteiger partial charge in [0.15, 0.2) is 0 Å². The van der Waals surface area contributed by atoms with E-state index in [0.29, 0.717) is 0 Å². The van der Waals surface area contributed by atoms with E-state index >= 15 is 0 Å². The first-order chi connectivity index (χ1) is 8.76. The first-order valence-corrected chi connectivity index (χ1v) is 8.76. The van der Waals surface area contributed by atoms with Gasteiger partial charge in [-0.1, -0.05) is 46.5 Å². The summed E-state index contributed by atoms with van der Waals surface area (Å²) in [5.74, 6) is 7.75. The van der Waals surface area contributed by atoms with E-state index in [0.717, 1.165) is 41.4 Å². The van der Waals surface area contributed by atoms with Crippen LogP contribution in [0.5, 0.6) is 0 Å². The molecule has 0 aliphatic heterocycles. The predicted octanol–water partition coefficient (Wildman–Crippen LogP) is 5.52. The Morgan fingerprint density at radius 1 is 1.00 bits per heavy atom. The van der Waals surface area contributed by atoms with Crippen molar-refractivity contribution in [1.82, 2.24) is 0 Å². The van der Waals surface area contributed by atoms with Gasteiger partial charge < -0.3 is 0 Å². The van der Waals surface area contributed by atoms with Crippen molar-refractivity contribution in [3.05, 3.63) is 0 Å². The topological polar surface area (TPSA) is 0 Å². The summed E-state index contributed by atoms with van der Waals surface area (Å²) in [5.41, 5.74) is 0. The molecule has 0 heteroatoms. The van der Waals surface area contributed by atoms with Crippen LogP contribution in [0.1, 0.15) is 72.1 Å². The maximum Gasteiger partial charge on any atom is -0.0321 e. The van der Waals surface area contributed by atoms with Crippen molar-refractivity contribution in [3.63, 3.8) is 0 Å². The number of rotatable bonds is 4. The standard InChI is InChI=1S/C18H32/c1-4-12(3)17-15-7-6-8-16(15)18(17)14-10-9-13(5-2)11-14/h12-18H,4-11H2,1-3H3. The molecule has 0 aromatic carbocycles. The van der Waals surface area contributed by atoms with E-state index in [9.17, 15) is 0 Å². The maximum atomic E-state index is 2.54. The lowest BCUT2D eigenvalue weighted by Gasteiger charge is -2.55. The molecule has 3 saturated carbocycles. The maximum absolute atomic E-state index is 2.54. The van der Waals surface area contributed by atoms with E-state index in [1.807, 2.05) is 0 Å². The van der Waals surface area contributed by atoms with Crippen LogP contribution in [0.4, 0.5) is 0 Å². The molecule has 0 saturated heterocycles. The fourth-order valence-electron chi connectivity index (χ4n) is 5.97. The molecule has 104 valence electrons. The van der Waals surface area contributed by atoms with Gasteiger partial charge in [-0.3, -0.25) is 0 Å². The molecule has 7 atom stereocenters. The van der Waals surface area contributed by atoms with Crippen LogP contribution in [0.3, 0.4) is 0 Å². The smallest absolute Gasteiger partial charge is 0.0321 e. The molecule has 3 rings (SSSR count). The molecule has 0 bridgehead atoms. The summed E-state index contributed by atoms with van der Waals surface area (Å²) in [4.78, 5) is 0. The molecule has 0 amide bonds. The minimum absolute atomic E-state index is 0.995. The highest BCUT2D eigenvalue weighted by atomic mass is 14.6. The van der Waals surface area contributed by atoms with Gasteiger partial charge in [0.1, 0.15) is 0 Å². The van der Waals surface area contributed by atoms with Crippen molar-refractivity contribution in [2.75, 3.05) is 0 Å². The molecule has 0 radical (unpaired) electrons. The van der Waals surface area contributed by atoms with Gasteiger partial charge in [0, 0.05) is 0 Å². The normalized spacial score (nSPS) is 48.8. The van der Waals surface area contributed by atoms with Crippen LogP contribution in [-0.2, 0) is 0 Å². The molecule has 0 nitrogen and oxygen atoms in total. The molecule has 0 aromatic heterocycles. The van der Waals surface area contributed by atoms with Crippen molar-refractivity contribution in [2.45, 2.75) is 72.1 Å². The second-order valence-corrected chi connectivity index (χ2v) is 7.65. The van der Waals surface area contributed by atoms with Crippen molar-refractivity contribution in [1.29, 1.82) is 0 Å². The van der Waals surface area contributed by atoms with Crippen molar-refractivity contribution in [2.24, 2.45) is 41.4 Å². The Hall–Kier alpha value is 0. The minimum atomic E-state index is 0.995. The quantitative estimate of drug-likeness (QED) is 0.614. The first-order valence-electron chi connectivity index (χ1n) is 8.76. The van der Waals surface area contributed by atoms with Gasteiger partial charge in [0.05, 0.1) is 0 Å². The molecular weight excluding hydrogens is 216 g/mol. The summed E-state index contributed by atoms with van der Waals surface area (Å²) >= 11 is 0. The van der Waals surface area contributed by atoms with Crippen LogP contribution in [0.15, 0.2) is 0 Å². The van der Waals surface area contributed by atoms with Crippen LogP contribution in [0.2, 0.25) is 0 Å². The first kappa shape index (κ1) is 13.0. The highest BCUT2D eigenvalue weighted by molar-refractivity contribution is 5.04. The molecule has 0 spiro atoms. The van der Waals surface area contributed by atoms with E-state index in [-0.39, 0.29) is 0 Å². The van der Waals surface area contributed by atoms with Gasteiger partial charge in [-0.05, 0) is 67.1 Å². The van der Waals surface area contributed by atoms with E-state index in [2.05, 4.69) is 20.8 Å². The van der Waals surface area contributed by atoms with E-state index in [4.69, 9.17) is 0 Å². The van der Waals surface area contributed by atoms with Gasteiger partial charge in [-0.25, -0.2) is 0 Å². The molecular formula is C18H32. The van der Waals surface area contributed by atoms with Crippen LogP contribution < -0.4 is 0 Å². The molecule has 0 aromatic rings. The van der Waals surface area contributed by atoms with Gasteiger partial charge in [-0.2, -0.15) is 0 Å². The average Bonchev–Trinajstić information content (AvgIpc) is 2.98. The third-order valence-corrected chi connectivity index (χ3v) is 7.06. The van der Waals surface area contributed by atoms with Crippen LogP contribution in [0, 0.1) is 41.4 Å². The van der Waals surface area contributed by atoms with Crippen LogP contribution in [0.25, 0.3) is 0 Å². The Morgan fingerprint density at radius 2 is 1.78 bits per heavy atom. The van der Waals surface area contributed by atoms with Crippen LogP contribution in [-0.4, -0.2) is 0 Å². The van der Waals surface area contributed by atoms with Crippen molar-refractivity contribution in [3.8, 4) is 0 Å². The Balaban J connectivity index is 1.69. The van der Waals surface area contributed by atoms with Gasteiger partial charge in [-0.15, -0.1) is 0 Å². The fraction of sp³-hybridized carbons (Fsp3) is 1.00. The summed E-state index contributed by atoms with van der Waals surface area (Å²) in [5, 5.41) is 0. The molecule has 3 aliphatic rings. The second kappa shape index (κ2) is 5.17.